The molecule has 0 unspecified atom stereocenters. The third kappa shape index (κ3) is 5.90. The van der Waals surface area contributed by atoms with Gasteiger partial charge in [0, 0.05) is 31.8 Å². The Bertz CT molecular complexity index is 790. The lowest BCUT2D eigenvalue weighted by atomic mass is 10.1. The predicted octanol–water partition coefficient (Wildman–Crippen LogP) is 2.32. The molecule has 2 aromatic rings. The second-order valence-corrected chi connectivity index (χ2v) is 5.61. The van der Waals surface area contributed by atoms with Crippen LogP contribution in [-0.2, 0) is 16.0 Å². The van der Waals surface area contributed by atoms with Crippen LogP contribution in [0.3, 0.4) is 0 Å². The van der Waals surface area contributed by atoms with E-state index in [1.165, 1.54) is 13.0 Å². The zero-order valence-electron chi connectivity index (χ0n) is 14.3. The number of hydrogen-bond donors (Lipinski definition) is 3. The van der Waals surface area contributed by atoms with Crippen LogP contribution in [0.4, 0.5) is 17.1 Å². The van der Waals surface area contributed by atoms with Crippen molar-refractivity contribution in [3.8, 4) is 0 Å². The van der Waals surface area contributed by atoms with E-state index in [4.69, 9.17) is 0 Å². The first-order chi connectivity index (χ1) is 12.5. The Balaban J connectivity index is 1.75. The molecule has 3 N–H and O–H groups in total. The van der Waals surface area contributed by atoms with Crippen molar-refractivity contribution >= 4 is 28.9 Å². The van der Waals surface area contributed by atoms with Gasteiger partial charge in [-0.25, -0.2) is 0 Å². The van der Waals surface area contributed by atoms with E-state index in [-0.39, 0.29) is 23.9 Å². The summed E-state index contributed by atoms with van der Waals surface area (Å²) < 4.78 is 0. The first-order valence-electron chi connectivity index (χ1n) is 8.06. The average molecular weight is 356 g/mol. The first-order valence-corrected chi connectivity index (χ1v) is 8.06. The van der Waals surface area contributed by atoms with E-state index in [0.29, 0.717) is 24.5 Å². The number of amides is 2. The predicted molar refractivity (Wildman–Crippen MR) is 99.0 cm³/mol. The van der Waals surface area contributed by atoms with Gasteiger partial charge in [-0.05, 0) is 23.8 Å². The summed E-state index contributed by atoms with van der Waals surface area (Å²) in [7, 11) is 0. The highest BCUT2D eigenvalue weighted by molar-refractivity contribution is 5.88. The molecule has 0 saturated carbocycles. The third-order valence-corrected chi connectivity index (χ3v) is 3.50. The molecule has 0 aromatic heterocycles. The second kappa shape index (κ2) is 9.16. The molecular weight excluding hydrogens is 336 g/mol. The van der Waals surface area contributed by atoms with Gasteiger partial charge in [0.2, 0.25) is 11.8 Å². The number of anilines is 2. The van der Waals surface area contributed by atoms with Gasteiger partial charge >= 0.3 is 0 Å². The molecule has 0 heterocycles. The zero-order chi connectivity index (χ0) is 18.9. The molecule has 2 amide bonds. The number of benzene rings is 2. The highest BCUT2D eigenvalue weighted by Crippen LogP contribution is 2.22. The molecule has 136 valence electrons. The summed E-state index contributed by atoms with van der Waals surface area (Å²) in [6, 6.07) is 13.4. The standard InChI is InChI=1S/C18H20N4O4/c1-13(23)21-15-8-6-14(7-9-15)12-18(24)20-11-10-19-16-4-2-3-5-17(16)22(25)26/h2-9,19H,10-12H2,1H3,(H,20,24)(H,21,23). The number of nitrogens with one attached hydrogen (secondary N) is 3. The van der Waals surface area contributed by atoms with E-state index >= 15 is 0 Å². The summed E-state index contributed by atoms with van der Waals surface area (Å²) in [6.45, 7) is 2.15. The molecule has 0 radical (unpaired) electrons. The van der Waals surface area contributed by atoms with Crippen LogP contribution in [0.1, 0.15) is 12.5 Å². The molecule has 0 spiro atoms. The van der Waals surface area contributed by atoms with Gasteiger partial charge in [-0.3, -0.25) is 19.7 Å². The number of nitrogens with zero attached hydrogens (tertiary/aromatic N) is 1. The van der Waals surface area contributed by atoms with Crippen LogP contribution in [0.25, 0.3) is 0 Å². The van der Waals surface area contributed by atoms with E-state index < -0.39 is 4.92 Å². The molecule has 2 rings (SSSR count). The van der Waals surface area contributed by atoms with Crippen molar-refractivity contribution in [1.29, 1.82) is 0 Å². The van der Waals surface area contributed by atoms with Gasteiger partial charge in [-0.2, -0.15) is 0 Å². The molecule has 0 aliphatic rings. The van der Waals surface area contributed by atoms with Crippen molar-refractivity contribution in [2.75, 3.05) is 23.7 Å². The summed E-state index contributed by atoms with van der Waals surface area (Å²) in [4.78, 5) is 33.4. The summed E-state index contributed by atoms with van der Waals surface area (Å²) in [5.41, 5.74) is 1.91. The summed E-state index contributed by atoms with van der Waals surface area (Å²) >= 11 is 0. The highest BCUT2D eigenvalue weighted by atomic mass is 16.6. The Labute approximate surface area is 150 Å². The van der Waals surface area contributed by atoms with E-state index in [0.717, 1.165) is 5.56 Å². The Kier molecular flexibility index (Phi) is 6.67. The molecule has 0 bridgehead atoms. The molecule has 0 aliphatic carbocycles. The van der Waals surface area contributed by atoms with Crippen molar-refractivity contribution in [2.45, 2.75) is 13.3 Å². The first kappa shape index (κ1) is 18.9. The lowest BCUT2D eigenvalue weighted by Gasteiger charge is -2.09. The van der Waals surface area contributed by atoms with Crippen LogP contribution in [0.15, 0.2) is 48.5 Å². The maximum atomic E-state index is 11.9. The topological polar surface area (TPSA) is 113 Å². The average Bonchev–Trinajstić information content (AvgIpc) is 2.60. The van der Waals surface area contributed by atoms with Crippen molar-refractivity contribution < 1.29 is 14.5 Å². The monoisotopic (exact) mass is 356 g/mol. The minimum atomic E-state index is -0.453. The zero-order valence-corrected chi connectivity index (χ0v) is 14.3. The summed E-state index contributed by atoms with van der Waals surface area (Å²) in [5, 5.41) is 19.3. The summed E-state index contributed by atoms with van der Waals surface area (Å²) in [6.07, 6.45) is 0.214. The summed E-state index contributed by atoms with van der Waals surface area (Å²) in [5.74, 6) is -0.303. The third-order valence-electron chi connectivity index (χ3n) is 3.50. The number of rotatable bonds is 8. The maximum Gasteiger partial charge on any atom is 0.292 e. The highest BCUT2D eigenvalue weighted by Gasteiger charge is 2.11. The maximum absolute atomic E-state index is 11.9. The van der Waals surface area contributed by atoms with Crippen molar-refractivity contribution in [2.24, 2.45) is 0 Å². The lowest BCUT2D eigenvalue weighted by molar-refractivity contribution is -0.384. The van der Waals surface area contributed by atoms with Gasteiger partial charge in [-0.1, -0.05) is 24.3 Å². The SMILES string of the molecule is CC(=O)Nc1ccc(CC(=O)NCCNc2ccccc2[N+](=O)[O-])cc1. The normalized spacial score (nSPS) is 10.0. The molecule has 2 aromatic carbocycles. The molecule has 26 heavy (non-hydrogen) atoms. The Morgan fingerprint density at radius 1 is 1.04 bits per heavy atom. The fourth-order valence-electron chi connectivity index (χ4n) is 2.34. The van der Waals surface area contributed by atoms with E-state index in [1.807, 2.05) is 0 Å². The van der Waals surface area contributed by atoms with Gasteiger partial charge in [0.15, 0.2) is 0 Å². The number of nitro groups is 1. The van der Waals surface area contributed by atoms with Crippen LogP contribution >= 0.6 is 0 Å². The fraction of sp³-hybridized carbons (Fsp3) is 0.222. The quantitative estimate of drug-likeness (QED) is 0.382. The van der Waals surface area contributed by atoms with Gasteiger partial charge in [0.05, 0.1) is 11.3 Å². The van der Waals surface area contributed by atoms with Crippen LogP contribution in [0.5, 0.6) is 0 Å². The smallest absolute Gasteiger partial charge is 0.292 e. The minimum Gasteiger partial charge on any atom is -0.378 e. The number of carbonyl (C=O) groups is 2. The molecule has 0 aliphatic heterocycles. The van der Waals surface area contributed by atoms with Crippen LogP contribution in [0.2, 0.25) is 0 Å². The van der Waals surface area contributed by atoms with Gasteiger partial charge in [0.25, 0.3) is 5.69 Å². The number of carbonyl (C=O) groups excluding carboxylic acids is 2. The van der Waals surface area contributed by atoms with Gasteiger partial charge in [-0.15, -0.1) is 0 Å². The van der Waals surface area contributed by atoms with Gasteiger partial charge in [0.1, 0.15) is 5.69 Å². The molecule has 8 heteroatoms. The van der Waals surface area contributed by atoms with E-state index in [1.54, 1.807) is 42.5 Å². The number of hydrogen-bond acceptors (Lipinski definition) is 5. The van der Waals surface area contributed by atoms with Crippen LogP contribution < -0.4 is 16.0 Å². The Morgan fingerprint density at radius 2 is 1.73 bits per heavy atom. The van der Waals surface area contributed by atoms with E-state index in [9.17, 15) is 19.7 Å². The molecule has 0 saturated heterocycles. The van der Waals surface area contributed by atoms with E-state index in [2.05, 4.69) is 16.0 Å². The lowest BCUT2D eigenvalue weighted by Crippen LogP contribution is -2.30. The van der Waals surface area contributed by atoms with Crippen LogP contribution in [0, 0.1) is 10.1 Å². The molecular formula is C18H20N4O4. The molecule has 8 nitrogen and oxygen atoms in total. The largest absolute Gasteiger partial charge is 0.378 e. The Hall–Kier alpha value is -3.42. The van der Waals surface area contributed by atoms with Crippen molar-refractivity contribution in [3.05, 3.63) is 64.2 Å². The second-order valence-electron chi connectivity index (χ2n) is 5.61. The molecule has 0 fully saturated rings. The number of nitro benzene ring substituents is 1. The number of para-hydroxylation sites is 2. The van der Waals surface area contributed by atoms with Crippen molar-refractivity contribution in [1.82, 2.24) is 5.32 Å². The Morgan fingerprint density at radius 3 is 2.38 bits per heavy atom. The van der Waals surface area contributed by atoms with Gasteiger partial charge < -0.3 is 16.0 Å². The minimum absolute atomic E-state index is 0.00177. The van der Waals surface area contributed by atoms with Crippen LogP contribution in [-0.4, -0.2) is 29.8 Å². The van der Waals surface area contributed by atoms with Crippen molar-refractivity contribution in [3.63, 3.8) is 0 Å². The fourth-order valence-corrected chi connectivity index (χ4v) is 2.34. The molecule has 0 atom stereocenters.